The van der Waals surface area contributed by atoms with Crippen LogP contribution in [0.2, 0.25) is 5.02 Å². The van der Waals surface area contributed by atoms with E-state index in [1.807, 2.05) is 36.4 Å². The lowest BCUT2D eigenvalue weighted by Gasteiger charge is -2.25. The van der Waals surface area contributed by atoms with E-state index in [1.54, 1.807) is 36.4 Å². The van der Waals surface area contributed by atoms with E-state index in [0.29, 0.717) is 10.6 Å². The van der Waals surface area contributed by atoms with E-state index >= 15 is 0 Å². The molecule has 3 heteroatoms. The number of carbonyl (C=O) groups is 1. The number of benzene rings is 2. The molecule has 0 aromatic heterocycles. The van der Waals surface area contributed by atoms with Crippen LogP contribution in [-0.4, -0.2) is 16.5 Å². The van der Waals surface area contributed by atoms with Gasteiger partial charge in [0.1, 0.15) is 5.60 Å². The Morgan fingerprint density at radius 2 is 1.73 bits per heavy atom. The van der Waals surface area contributed by atoms with Gasteiger partial charge >= 0.3 is 0 Å². The second kappa shape index (κ2) is 5.91. The lowest BCUT2D eigenvalue weighted by Crippen LogP contribution is -2.37. The molecule has 1 atom stereocenters. The number of hydrogen-bond donors (Lipinski definition) is 1. The first-order chi connectivity index (χ1) is 10.6. The minimum absolute atomic E-state index is 0.259. The van der Waals surface area contributed by atoms with E-state index in [-0.39, 0.29) is 12.2 Å². The molecule has 0 fully saturated rings. The highest BCUT2D eigenvalue weighted by Crippen LogP contribution is 2.29. The van der Waals surface area contributed by atoms with Crippen molar-refractivity contribution in [1.29, 1.82) is 0 Å². The Hall–Kier alpha value is -2.16. The third-order valence-electron chi connectivity index (χ3n) is 3.78. The van der Waals surface area contributed by atoms with Gasteiger partial charge in [0.25, 0.3) is 0 Å². The molecule has 0 amide bonds. The van der Waals surface area contributed by atoms with Crippen LogP contribution in [0, 0.1) is 0 Å². The Labute approximate surface area is 134 Å². The maximum Gasteiger partial charge on any atom is 0.198 e. The SMILES string of the molecule is O=C(c1ccc(Cl)cc1)C1(O)C=CC(c2ccccc2)=CC1. The largest absolute Gasteiger partial charge is 0.377 e. The highest BCUT2D eigenvalue weighted by molar-refractivity contribution is 6.30. The summed E-state index contributed by atoms with van der Waals surface area (Å²) in [5, 5.41) is 11.2. The Morgan fingerprint density at radius 3 is 2.32 bits per heavy atom. The number of rotatable bonds is 3. The molecule has 0 aliphatic heterocycles. The Morgan fingerprint density at radius 1 is 1.05 bits per heavy atom. The zero-order valence-corrected chi connectivity index (χ0v) is 12.6. The van der Waals surface area contributed by atoms with Crippen LogP contribution >= 0.6 is 11.6 Å². The lowest BCUT2D eigenvalue weighted by molar-refractivity contribution is 0.0536. The highest BCUT2D eigenvalue weighted by atomic mass is 35.5. The number of hydrogen-bond acceptors (Lipinski definition) is 2. The molecule has 2 nitrogen and oxygen atoms in total. The maximum atomic E-state index is 12.5. The Bertz CT molecular complexity index is 745. The van der Waals surface area contributed by atoms with Crippen LogP contribution < -0.4 is 0 Å². The summed E-state index contributed by atoms with van der Waals surface area (Å²) in [7, 11) is 0. The molecule has 1 aliphatic rings. The van der Waals surface area contributed by atoms with Gasteiger partial charge in [0.2, 0.25) is 0 Å². The quantitative estimate of drug-likeness (QED) is 0.858. The first-order valence-electron chi connectivity index (χ1n) is 7.06. The van der Waals surface area contributed by atoms with Gasteiger partial charge in [0.05, 0.1) is 0 Å². The van der Waals surface area contributed by atoms with E-state index in [4.69, 9.17) is 11.6 Å². The summed E-state index contributed by atoms with van der Waals surface area (Å²) in [4.78, 5) is 12.5. The van der Waals surface area contributed by atoms with Gasteiger partial charge in [-0.05, 0) is 41.5 Å². The minimum Gasteiger partial charge on any atom is -0.377 e. The summed E-state index contributed by atoms with van der Waals surface area (Å²) in [6.45, 7) is 0. The van der Waals surface area contributed by atoms with Gasteiger partial charge in [-0.1, -0.05) is 54.1 Å². The predicted molar refractivity (Wildman–Crippen MR) is 88.9 cm³/mol. The first-order valence-corrected chi connectivity index (χ1v) is 7.44. The molecule has 0 saturated heterocycles. The molecule has 0 bridgehead atoms. The second-order valence-electron chi connectivity index (χ2n) is 5.32. The standard InChI is InChI=1S/C19H15ClO2/c20-17-8-6-16(7-9-17)18(21)19(22)12-10-15(11-13-19)14-4-2-1-3-5-14/h1-12,22H,13H2. The van der Waals surface area contributed by atoms with Crippen LogP contribution in [0.3, 0.4) is 0 Å². The molecule has 0 spiro atoms. The van der Waals surface area contributed by atoms with Crippen molar-refractivity contribution in [2.24, 2.45) is 0 Å². The number of halogens is 1. The summed E-state index contributed by atoms with van der Waals surface area (Å²) >= 11 is 5.83. The molecular formula is C19H15ClO2. The number of ketones is 1. The summed E-state index contributed by atoms with van der Waals surface area (Å²) < 4.78 is 0. The highest BCUT2D eigenvalue weighted by Gasteiger charge is 2.34. The predicted octanol–water partition coefficient (Wildman–Crippen LogP) is 4.30. The van der Waals surface area contributed by atoms with Gasteiger partial charge in [-0.15, -0.1) is 0 Å². The van der Waals surface area contributed by atoms with E-state index in [1.165, 1.54) is 0 Å². The molecule has 0 heterocycles. The smallest absolute Gasteiger partial charge is 0.198 e. The minimum atomic E-state index is -1.49. The van der Waals surface area contributed by atoms with Gasteiger partial charge < -0.3 is 5.11 Å². The molecule has 2 aromatic carbocycles. The summed E-state index contributed by atoms with van der Waals surface area (Å²) in [5.74, 6) is -0.316. The Balaban J connectivity index is 1.82. The molecule has 1 aliphatic carbocycles. The number of Topliss-reactive ketones (excluding diaryl/α,β-unsaturated/α-hetero) is 1. The van der Waals surface area contributed by atoms with Gasteiger partial charge in [-0.3, -0.25) is 4.79 Å². The third kappa shape index (κ3) is 2.89. The lowest BCUT2D eigenvalue weighted by atomic mass is 9.84. The van der Waals surface area contributed by atoms with Crippen molar-refractivity contribution in [3.05, 3.63) is 89.0 Å². The van der Waals surface area contributed by atoms with Crippen LogP contribution in [0.15, 0.2) is 72.8 Å². The molecular weight excluding hydrogens is 296 g/mol. The van der Waals surface area contributed by atoms with E-state index in [2.05, 4.69) is 0 Å². The van der Waals surface area contributed by atoms with Crippen LogP contribution in [0.25, 0.3) is 5.57 Å². The molecule has 1 unspecified atom stereocenters. The topological polar surface area (TPSA) is 37.3 Å². The fraction of sp³-hybridized carbons (Fsp3) is 0.105. The molecule has 0 radical (unpaired) electrons. The van der Waals surface area contributed by atoms with Crippen molar-refractivity contribution >= 4 is 23.0 Å². The fourth-order valence-electron chi connectivity index (χ4n) is 2.49. The monoisotopic (exact) mass is 310 g/mol. The van der Waals surface area contributed by atoms with Crippen molar-refractivity contribution in [1.82, 2.24) is 0 Å². The molecule has 22 heavy (non-hydrogen) atoms. The molecule has 3 rings (SSSR count). The zero-order chi connectivity index (χ0) is 15.6. The summed E-state index contributed by atoms with van der Waals surface area (Å²) in [6, 6.07) is 16.4. The van der Waals surface area contributed by atoms with Crippen molar-refractivity contribution in [2.45, 2.75) is 12.0 Å². The van der Waals surface area contributed by atoms with E-state index in [9.17, 15) is 9.90 Å². The zero-order valence-electron chi connectivity index (χ0n) is 11.9. The first kappa shape index (κ1) is 14.8. The average Bonchev–Trinajstić information content (AvgIpc) is 2.56. The summed E-state index contributed by atoms with van der Waals surface area (Å²) in [6.07, 6.45) is 5.53. The van der Waals surface area contributed by atoms with Crippen molar-refractivity contribution in [3.8, 4) is 0 Å². The van der Waals surface area contributed by atoms with Gasteiger partial charge in [0, 0.05) is 17.0 Å². The Kier molecular flexibility index (Phi) is 3.97. The van der Waals surface area contributed by atoms with Gasteiger partial charge in [-0.2, -0.15) is 0 Å². The number of carbonyl (C=O) groups excluding carboxylic acids is 1. The van der Waals surface area contributed by atoms with Gasteiger partial charge in [0.15, 0.2) is 5.78 Å². The van der Waals surface area contributed by atoms with E-state index in [0.717, 1.165) is 11.1 Å². The van der Waals surface area contributed by atoms with Gasteiger partial charge in [-0.25, -0.2) is 0 Å². The molecule has 2 aromatic rings. The van der Waals surface area contributed by atoms with Crippen molar-refractivity contribution in [2.75, 3.05) is 0 Å². The normalized spacial score (nSPS) is 20.5. The summed E-state index contributed by atoms with van der Waals surface area (Å²) in [5.41, 5.74) is 1.04. The van der Waals surface area contributed by atoms with Crippen molar-refractivity contribution in [3.63, 3.8) is 0 Å². The van der Waals surface area contributed by atoms with Crippen LogP contribution in [0.1, 0.15) is 22.3 Å². The van der Waals surface area contributed by atoms with Crippen LogP contribution in [0.5, 0.6) is 0 Å². The number of aliphatic hydroxyl groups is 1. The average molecular weight is 311 g/mol. The molecule has 0 saturated carbocycles. The number of allylic oxidation sites excluding steroid dienone is 2. The molecule has 110 valence electrons. The van der Waals surface area contributed by atoms with Crippen LogP contribution in [-0.2, 0) is 0 Å². The third-order valence-corrected chi connectivity index (χ3v) is 4.03. The maximum absolute atomic E-state index is 12.5. The fourth-order valence-corrected chi connectivity index (χ4v) is 2.62. The van der Waals surface area contributed by atoms with Crippen LogP contribution in [0.4, 0.5) is 0 Å². The molecule has 1 N–H and O–H groups in total. The van der Waals surface area contributed by atoms with Crippen molar-refractivity contribution < 1.29 is 9.90 Å². The van der Waals surface area contributed by atoms with E-state index < -0.39 is 5.60 Å². The second-order valence-corrected chi connectivity index (χ2v) is 5.76.